The third kappa shape index (κ3) is 3.87. The molecule has 1 aromatic carbocycles. The second kappa shape index (κ2) is 6.79. The van der Waals surface area contributed by atoms with Crippen molar-refractivity contribution in [2.75, 3.05) is 32.7 Å². The zero-order valence-electron chi connectivity index (χ0n) is 14.9. The summed E-state index contributed by atoms with van der Waals surface area (Å²) in [6.07, 6.45) is 3.22. The molecule has 1 aliphatic heterocycles. The Balaban J connectivity index is 1.25. The second-order valence-electron chi connectivity index (χ2n) is 7.75. The van der Waals surface area contributed by atoms with E-state index in [1.165, 1.54) is 11.1 Å². The van der Waals surface area contributed by atoms with Gasteiger partial charge in [0.1, 0.15) is 0 Å². The number of hydrogen-bond acceptors (Lipinski definition) is 3. The Kier molecular flexibility index (Phi) is 4.50. The summed E-state index contributed by atoms with van der Waals surface area (Å²) < 4.78 is 0. The lowest BCUT2D eigenvalue weighted by molar-refractivity contribution is -0.134. The summed E-state index contributed by atoms with van der Waals surface area (Å²) in [5.74, 6) is 0.987. The van der Waals surface area contributed by atoms with Gasteiger partial charge in [-0.05, 0) is 43.2 Å². The van der Waals surface area contributed by atoms with E-state index in [0.717, 1.165) is 45.4 Å². The fourth-order valence-electron chi connectivity index (χ4n) is 3.88. The molecule has 4 rings (SSSR count). The van der Waals surface area contributed by atoms with Crippen molar-refractivity contribution in [2.24, 2.45) is 5.92 Å². The van der Waals surface area contributed by atoms with Crippen LogP contribution in [-0.4, -0.2) is 60.4 Å². The summed E-state index contributed by atoms with van der Waals surface area (Å²) in [4.78, 5) is 28.8. The number of aryl methyl sites for hydroxylation is 1. The van der Waals surface area contributed by atoms with Gasteiger partial charge in [-0.25, -0.2) is 0 Å². The molecule has 5 heteroatoms. The topological polar surface area (TPSA) is 52.7 Å². The van der Waals surface area contributed by atoms with Crippen LogP contribution < -0.4 is 5.32 Å². The molecule has 0 radical (unpaired) electrons. The molecular weight excluding hydrogens is 314 g/mol. The van der Waals surface area contributed by atoms with Crippen molar-refractivity contribution in [3.8, 4) is 0 Å². The molecule has 1 aromatic rings. The van der Waals surface area contributed by atoms with Gasteiger partial charge in [0.2, 0.25) is 11.8 Å². The third-order valence-corrected chi connectivity index (χ3v) is 5.69. The lowest BCUT2D eigenvalue weighted by atomic mass is 10.0. The Labute approximate surface area is 149 Å². The van der Waals surface area contributed by atoms with Crippen LogP contribution in [0.4, 0.5) is 0 Å². The van der Waals surface area contributed by atoms with Crippen LogP contribution in [0.25, 0.3) is 0 Å². The van der Waals surface area contributed by atoms with Gasteiger partial charge in [0.05, 0.1) is 6.54 Å². The van der Waals surface area contributed by atoms with Gasteiger partial charge in [0, 0.05) is 38.1 Å². The molecule has 0 spiro atoms. The van der Waals surface area contributed by atoms with Crippen molar-refractivity contribution in [2.45, 2.75) is 38.1 Å². The molecule has 0 aromatic heterocycles. The molecule has 2 atom stereocenters. The van der Waals surface area contributed by atoms with Crippen molar-refractivity contribution in [1.82, 2.24) is 15.1 Å². The number of rotatable bonds is 5. The highest BCUT2D eigenvalue weighted by atomic mass is 16.2. The Morgan fingerprint density at radius 1 is 1.12 bits per heavy atom. The van der Waals surface area contributed by atoms with Crippen LogP contribution in [0, 0.1) is 12.8 Å². The van der Waals surface area contributed by atoms with Gasteiger partial charge in [0.15, 0.2) is 0 Å². The van der Waals surface area contributed by atoms with Crippen LogP contribution in [0.2, 0.25) is 0 Å². The predicted molar refractivity (Wildman–Crippen MR) is 96.2 cm³/mol. The molecule has 1 heterocycles. The number of carbonyl (C=O) groups excluding carboxylic acids is 2. The Morgan fingerprint density at radius 2 is 1.84 bits per heavy atom. The number of piperazine rings is 1. The monoisotopic (exact) mass is 341 g/mol. The number of carbonyl (C=O) groups is 2. The fraction of sp³-hybridized carbons (Fsp3) is 0.600. The first kappa shape index (κ1) is 16.6. The zero-order chi connectivity index (χ0) is 17.4. The molecular formula is C20H27N3O2. The molecule has 0 unspecified atom stereocenters. The Hall–Kier alpha value is -1.88. The molecule has 0 bridgehead atoms. The van der Waals surface area contributed by atoms with Crippen molar-refractivity contribution >= 4 is 11.8 Å². The average Bonchev–Trinajstić information content (AvgIpc) is 3.50. The van der Waals surface area contributed by atoms with E-state index in [0.29, 0.717) is 24.4 Å². The molecule has 2 aliphatic carbocycles. The van der Waals surface area contributed by atoms with E-state index >= 15 is 0 Å². The summed E-state index contributed by atoms with van der Waals surface area (Å²) >= 11 is 0. The minimum atomic E-state index is 0.129. The number of hydrogen-bond donors (Lipinski definition) is 1. The van der Waals surface area contributed by atoms with E-state index < -0.39 is 0 Å². The highest BCUT2D eigenvalue weighted by Crippen LogP contribution is 2.49. The second-order valence-corrected chi connectivity index (χ2v) is 7.75. The summed E-state index contributed by atoms with van der Waals surface area (Å²) in [5.41, 5.74) is 2.62. The van der Waals surface area contributed by atoms with Crippen LogP contribution in [0.5, 0.6) is 0 Å². The SMILES string of the molecule is Cc1ccccc1[C@H]1C[C@H]1C(=O)N1CCN(CC(=O)NC2CC2)CC1. The van der Waals surface area contributed by atoms with Gasteiger partial charge in [-0.2, -0.15) is 0 Å². The number of nitrogens with zero attached hydrogens (tertiary/aromatic N) is 2. The first-order valence-corrected chi connectivity index (χ1v) is 9.48. The van der Waals surface area contributed by atoms with Crippen molar-refractivity contribution in [3.63, 3.8) is 0 Å². The lowest BCUT2D eigenvalue weighted by Crippen LogP contribution is -2.51. The fourth-order valence-corrected chi connectivity index (χ4v) is 3.88. The van der Waals surface area contributed by atoms with Gasteiger partial charge in [0.25, 0.3) is 0 Å². The zero-order valence-corrected chi connectivity index (χ0v) is 14.9. The summed E-state index contributed by atoms with van der Waals surface area (Å²) in [7, 11) is 0. The van der Waals surface area contributed by atoms with Crippen LogP contribution in [0.15, 0.2) is 24.3 Å². The summed E-state index contributed by atoms with van der Waals surface area (Å²) in [5, 5.41) is 3.03. The number of nitrogens with one attached hydrogen (secondary N) is 1. The van der Waals surface area contributed by atoms with Crippen LogP contribution in [0.1, 0.15) is 36.3 Å². The van der Waals surface area contributed by atoms with E-state index in [9.17, 15) is 9.59 Å². The quantitative estimate of drug-likeness (QED) is 0.883. The minimum absolute atomic E-state index is 0.129. The van der Waals surface area contributed by atoms with Crippen LogP contribution in [0.3, 0.4) is 0 Å². The largest absolute Gasteiger partial charge is 0.352 e. The molecule has 1 N–H and O–H groups in total. The molecule has 1 saturated heterocycles. The van der Waals surface area contributed by atoms with Gasteiger partial charge in [-0.3, -0.25) is 14.5 Å². The number of amides is 2. The van der Waals surface area contributed by atoms with Gasteiger partial charge in [-0.1, -0.05) is 24.3 Å². The molecule has 2 amide bonds. The Bertz CT molecular complexity index is 663. The van der Waals surface area contributed by atoms with E-state index in [-0.39, 0.29) is 11.8 Å². The van der Waals surface area contributed by atoms with Crippen molar-refractivity contribution < 1.29 is 9.59 Å². The van der Waals surface area contributed by atoms with Crippen LogP contribution in [-0.2, 0) is 9.59 Å². The third-order valence-electron chi connectivity index (χ3n) is 5.69. The van der Waals surface area contributed by atoms with Crippen LogP contribution >= 0.6 is 0 Å². The molecule has 3 fully saturated rings. The molecule has 134 valence electrons. The highest BCUT2D eigenvalue weighted by molar-refractivity contribution is 5.83. The maximum absolute atomic E-state index is 12.8. The highest BCUT2D eigenvalue weighted by Gasteiger charge is 2.46. The lowest BCUT2D eigenvalue weighted by Gasteiger charge is -2.34. The average molecular weight is 341 g/mol. The molecule has 3 aliphatic rings. The van der Waals surface area contributed by atoms with E-state index in [4.69, 9.17) is 0 Å². The maximum atomic E-state index is 12.8. The predicted octanol–water partition coefficient (Wildman–Crippen LogP) is 1.52. The molecule has 2 saturated carbocycles. The smallest absolute Gasteiger partial charge is 0.234 e. The number of benzene rings is 1. The normalized spacial score (nSPS) is 26.4. The molecule has 5 nitrogen and oxygen atoms in total. The first-order valence-electron chi connectivity index (χ1n) is 9.48. The van der Waals surface area contributed by atoms with Gasteiger partial charge in [-0.15, -0.1) is 0 Å². The van der Waals surface area contributed by atoms with E-state index in [1.807, 2.05) is 4.90 Å². The van der Waals surface area contributed by atoms with Gasteiger partial charge >= 0.3 is 0 Å². The summed E-state index contributed by atoms with van der Waals surface area (Å²) in [6.45, 7) is 5.67. The standard InChI is InChI=1S/C20H27N3O2/c1-14-4-2-3-5-16(14)17-12-18(17)20(25)23-10-8-22(9-11-23)13-19(24)21-15-6-7-15/h2-5,15,17-18H,6-13H2,1H3,(H,21,24)/t17-,18-/m1/s1. The minimum Gasteiger partial charge on any atom is -0.352 e. The van der Waals surface area contributed by atoms with E-state index in [1.54, 1.807) is 0 Å². The van der Waals surface area contributed by atoms with E-state index in [2.05, 4.69) is 41.4 Å². The first-order chi connectivity index (χ1) is 12.1. The maximum Gasteiger partial charge on any atom is 0.234 e. The van der Waals surface area contributed by atoms with Crippen molar-refractivity contribution in [1.29, 1.82) is 0 Å². The van der Waals surface area contributed by atoms with Crippen molar-refractivity contribution in [3.05, 3.63) is 35.4 Å². The van der Waals surface area contributed by atoms with Gasteiger partial charge < -0.3 is 10.2 Å². The molecule has 25 heavy (non-hydrogen) atoms. The summed E-state index contributed by atoms with van der Waals surface area (Å²) in [6, 6.07) is 8.82. The Morgan fingerprint density at radius 3 is 2.52 bits per heavy atom.